The Labute approximate surface area is 103 Å². The standard InChI is InChI=1S/C11H7BrF2OS/c12-7-3-8(6-1-2-16-5-6)10(11(13)14)9(15)4-7/h1-5,11,15H. The maximum atomic E-state index is 12.8. The summed E-state index contributed by atoms with van der Waals surface area (Å²) in [4.78, 5) is 0. The van der Waals surface area contributed by atoms with Gasteiger partial charge in [0.25, 0.3) is 6.43 Å². The average Bonchev–Trinajstić information content (AvgIpc) is 2.67. The van der Waals surface area contributed by atoms with Crippen molar-refractivity contribution in [3.05, 3.63) is 39.0 Å². The largest absolute Gasteiger partial charge is 0.507 e. The lowest BCUT2D eigenvalue weighted by Gasteiger charge is -2.10. The molecule has 0 fully saturated rings. The van der Waals surface area contributed by atoms with Gasteiger partial charge < -0.3 is 5.11 Å². The Hall–Kier alpha value is -0.940. The monoisotopic (exact) mass is 304 g/mol. The number of aromatic hydroxyl groups is 1. The van der Waals surface area contributed by atoms with Crippen LogP contribution < -0.4 is 0 Å². The normalized spacial score (nSPS) is 11.0. The smallest absolute Gasteiger partial charge is 0.268 e. The van der Waals surface area contributed by atoms with Crippen molar-refractivity contribution in [1.82, 2.24) is 0 Å². The fraction of sp³-hybridized carbons (Fsp3) is 0.0909. The maximum Gasteiger partial charge on any atom is 0.268 e. The van der Waals surface area contributed by atoms with Gasteiger partial charge in [-0.25, -0.2) is 8.78 Å². The van der Waals surface area contributed by atoms with E-state index in [2.05, 4.69) is 15.9 Å². The summed E-state index contributed by atoms with van der Waals surface area (Å²) < 4.78 is 26.3. The molecular formula is C11H7BrF2OS. The molecule has 0 unspecified atom stereocenters. The summed E-state index contributed by atoms with van der Waals surface area (Å²) in [5.74, 6) is -0.384. The maximum absolute atomic E-state index is 12.8. The van der Waals surface area contributed by atoms with E-state index in [-0.39, 0.29) is 11.3 Å². The van der Waals surface area contributed by atoms with Crippen LogP contribution in [0.15, 0.2) is 33.4 Å². The number of thiophene rings is 1. The fourth-order valence-corrected chi connectivity index (χ4v) is 2.59. The van der Waals surface area contributed by atoms with Gasteiger partial charge in [-0.2, -0.15) is 11.3 Å². The number of phenolic OH excluding ortho intramolecular Hbond substituents is 1. The van der Waals surface area contributed by atoms with Gasteiger partial charge in [0.2, 0.25) is 0 Å². The Morgan fingerprint density at radius 1 is 1.31 bits per heavy atom. The minimum atomic E-state index is -2.69. The van der Waals surface area contributed by atoms with Crippen LogP contribution in [-0.2, 0) is 0 Å². The highest BCUT2D eigenvalue weighted by atomic mass is 79.9. The number of hydrogen-bond acceptors (Lipinski definition) is 2. The molecule has 1 aromatic carbocycles. The van der Waals surface area contributed by atoms with E-state index in [1.54, 1.807) is 17.5 Å². The van der Waals surface area contributed by atoms with E-state index >= 15 is 0 Å². The molecule has 0 aliphatic heterocycles. The minimum Gasteiger partial charge on any atom is -0.507 e. The summed E-state index contributed by atoms with van der Waals surface area (Å²) in [6.45, 7) is 0. The number of halogens is 3. The summed E-state index contributed by atoms with van der Waals surface area (Å²) in [5, 5.41) is 13.1. The molecule has 1 aromatic heterocycles. The van der Waals surface area contributed by atoms with Gasteiger partial charge in [-0.15, -0.1) is 0 Å². The molecule has 0 saturated carbocycles. The SMILES string of the molecule is Oc1cc(Br)cc(-c2ccsc2)c1C(F)F. The van der Waals surface area contributed by atoms with Gasteiger partial charge in [-0.1, -0.05) is 15.9 Å². The van der Waals surface area contributed by atoms with Crippen LogP contribution in [0.25, 0.3) is 11.1 Å². The number of benzene rings is 1. The number of alkyl halides is 2. The zero-order chi connectivity index (χ0) is 11.7. The van der Waals surface area contributed by atoms with Gasteiger partial charge in [0.1, 0.15) is 5.75 Å². The summed E-state index contributed by atoms with van der Waals surface area (Å²) in [5.41, 5.74) is 0.738. The molecule has 0 amide bonds. The van der Waals surface area contributed by atoms with E-state index in [0.29, 0.717) is 15.6 Å². The molecule has 1 heterocycles. The highest BCUT2D eigenvalue weighted by Crippen LogP contribution is 2.40. The van der Waals surface area contributed by atoms with Gasteiger partial charge in [0, 0.05) is 4.47 Å². The van der Waals surface area contributed by atoms with Gasteiger partial charge >= 0.3 is 0 Å². The first-order valence-electron chi connectivity index (χ1n) is 4.42. The third-order valence-corrected chi connectivity index (χ3v) is 3.31. The van der Waals surface area contributed by atoms with Crippen LogP contribution in [-0.4, -0.2) is 5.11 Å². The molecule has 1 N–H and O–H groups in total. The average molecular weight is 305 g/mol. The summed E-state index contributed by atoms with van der Waals surface area (Å²) in [7, 11) is 0. The molecule has 0 atom stereocenters. The molecule has 0 aliphatic rings. The zero-order valence-corrected chi connectivity index (χ0v) is 10.4. The molecule has 0 saturated heterocycles. The number of rotatable bonds is 2. The van der Waals surface area contributed by atoms with Crippen LogP contribution in [0, 0.1) is 0 Å². The Bertz CT molecular complexity index is 497. The van der Waals surface area contributed by atoms with Crippen molar-refractivity contribution in [2.75, 3.05) is 0 Å². The Morgan fingerprint density at radius 2 is 2.06 bits per heavy atom. The Morgan fingerprint density at radius 3 is 2.62 bits per heavy atom. The molecule has 5 heteroatoms. The van der Waals surface area contributed by atoms with Crippen molar-refractivity contribution in [3.63, 3.8) is 0 Å². The van der Waals surface area contributed by atoms with Gasteiger partial charge in [0.15, 0.2) is 0 Å². The van der Waals surface area contributed by atoms with Crippen molar-refractivity contribution >= 4 is 27.3 Å². The Kier molecular flexibility index (Phi) is 3.25. The van der Waals surface area contributed by atoms with Crippen LogP contribution >= 0.6 is 27.3 Å². The summed E-state index contributed by atoms with van der Waals surface area (Å²) in [6, 6.07) is 4.61. The van der Waals surface area contributed by atoms with E-state index in [1.807, 2.05) is 5.38 Å². The van der Waals surface area contributed by atoms with Crippen LogP contribution in [0.2, 0.25) is 0 Å². The topological polar surface area (TPSA) is 20.2 Å². The number of hydrogen-bond donors (Lipinski definition) is 1. The second-order valence-corrected chi connectivity index (χ2v) is 4.89. The second kappa shape index (κ2) is 4.51. The molecule has 2 aromatic rings. The third kappa shape index (κ3) is 2.10. The highest BCUT2D eigenvalue weighted by Gasteiger charge is 2.19. The van der Waals surface area contributed by atoms with E-state index in [4.69, 9.17) is 0 Å². The van der Waals surface area contributed by atoms with E-state index in [9.17, 15) is 13.9 Å². The van der Waals surface area contributed by atoms with Crippen molar-refractivity contribution in [1.29, 1.82) is 0 Å². The van der Waals surface area contributed by atoms with Crippen molar-refractivity contribution in [3.8, 4) is 16.9 Å². The first-order valence-corrected chi connectivity index (χ1v) is 6.16. The first kappa shape index (κ1) is 11.5. The molecule has 0 radical (unpaired) electrons. The van der Waals surface area contributed by atoms with Crippen LogP contribution in [0.5, 0.6) is 5.75 Å². The Balaban J connectivity index is 2.67. The number of phenols is 1. The van der Waals surface area contributed by atoms with E-state index in [0.717, 1.165) is 0 Å². The van der Waals surface area contributed by atoms with Gasteiger partial charge in [-0.05, 0) is 40.1 Å². The van der Waals surface area contributed by atoms with Crippen molar-refractivity contribution < 1.29 is 13.9 Å². The summed E-state index contributed by atoms with van der Waals surface area (Å²) >= 11 is 4.61. The lowest BCUT2D eigenvalue weighted by atomic mass is 10.0. The molecule has 2 rings (SSSR count). The lowest BCUT2D eigenvalue weighted by molar-refractivity contribution is 0.148. The lowest BCUT2D eigenvalue weighted by Crippen LogP contribution is -1.90. The predicted octanol–water partition coefficient (Wildman–Crippen LogP) is 4.82. The molecule has 84 valence electrons. The van der Waals surface area contributed by atoms with Crippen molar-refractivity contribution in [2.24, 2.45) is 0 Å². The van der Waals surface area contributed by atoms with Gasteiger partial charge in [-0.3, -0.25) is 0 Å². The second-order valence-electron chi connectivity index (χ2n) is 3.20. The van der Waals surface area contributed by atoms with E-state index < -0.39 is 6.43 Å². The zero-order valence-electron chi connectivity index (χ0n) is 7.95. The third-order valence-electron chi connectivity index (χ3n) is 2.17. The molecule has 16 heavy (non-hydrogen) atoms. The molecule has 0 spiro atoms. The molecule has 0 aliphatic carbocycles. The predicted molar refractivity (Wildman–Crippen MR) is 64.1 cm³/mol. The molecule has 1 nitrogen and oxygen atoms in total. The fourth-order valence-electron chi connectivity index (χ4n) is 1.49. The van der Waals surface area contributed by atoms with Crippen LogP contribution in [0.4, 0.5) is 8.78 Å². The van der Waals surface area contributed by atoms with Crippen LogP contribution in [0.1, 0.15) is 12.0 Å². The summed E-state index contributed by atoms with van der Waals surface area (Å²) in [6.07, 6.45) is -2.69. The molecular weight excluding hydrogens is 298 g/mol. The van der Waals surface area contributed by atoms with Gasteiger partial charge in [0.05, 0.1) is 5.56 Å². The molecule has 0 bridgehead atoms. The quantitative estimate of drug-likeness (QED) is 0.843. The van der Waals surface area contributed by atoms with Crippen molar-refractivity contribution in [2.45, 2.75) is 6.43 Å². The minimum absolute atomic E-state index is 0.318. The van der Waals surface area contributed by atoms with E-state index in [1.165, 1.54) is 17.4 Å². The highest BCUT2D eigenvalue weighted by molar-refractivity contribution is 9.10. The van der Waals surface area contributed by atoms with Crippen LogP contribution in [0.3, 0.4) is 0 Å². The first-order chi connectivity index (χ1) is 7.59.